The fraction of sp³-hybridized carbons (Fsp3) is 0.182. The Bertz CT molecular complexity index is 530. The van der Waals surface area contributed by atoms with E-state index in [1.807, 2.05) is 0 Å². The molecular formula is C11H11ClN4O2. The summed E-state index contributed by atoms with van der Waals surface area (Å²) in [6, 6.07) is 6.95. The Morgan fingerprint density at radius 2 is 2.28 bits per heavy atom. The smallest absolute Gasteiger partial charge is 0.267 e. The van der Waals surface area contributed by atoms with Crippen LogP contribution in [0.5, 0.6) is 5.75 Å². The van der Waals surface area contributed by atoms with Crippen molar-refractivity contribution in [3.63, 3.8) is 0 Å². The molecule has 0 aliphatic rings. The van der Waals surface area contributed by atoms with Gasteiger partial charge in [-0.05, 0) is 19.1 Å². The summed E-state index contributed by atoms with van der Waals surface area (Å²) in [5.74, 6) is 0.390. The first kappa shape index (κ1) is 12.4. The zero-order valence-electron chi connectivity index (χ0n) is 9.55. The van der Waals surface area contributed by atoms with Crippen molar-refractivity contribution in [2.45, 2.75) is 13.0 Å². The number of hydrogen-bond donors (Lipinski definition) is 2. The van der Waals surface area contributed by atoms with E-state index in [1.54, 1.807) is 31.2 Å². The van der Waals surface area contributed by atoms with Crippen molar-refractivity contribution in [1.82, 2.24) is 15.2 Å². The number of H-pyrrole nitrogens is 1. The van der Waals surface area contributed by atoms with Crippen molar-refractivity contribution in [1.29, 1.82) is 0 Å². The maximum absolute atomic E-state index is 11.8. The van der Waals surface area contributed by atoms with Crippen molar-refractivity contribution in [2.24, 2.45) is 0 Å². The molecule has 0 fully saturated rings. The zero-order valence-corrected chi connectivity index (χ0v) is 10.3. The molecule has 0 bridgehead atoms. The second-order valence-corrected chi connectivity index (χ2v) is 3.92. The number of rotatable bonds is 4. The van der Waals surface area contributed by atoms with E-state index in [0.717, 1.165) is 0 Å². The van der Waals surface area contributed by atoms with Gasteiger partial charge < -0.3 is 4.74 Å². The van der Waals surface area contributed by atoms with Crippen LogP contribution in [-0.4, -0.2) is 27.2 Å². The highest BCUT2D eigenvalue weighted by Gasteiger charge is 2.16. The number of benzene rings is 1. The molecule has 0 aliphatic carbocycles. The van der Waals surface area contributed by atoms with Gasteiger partial charge in [-0.25, -0.2) is 5.10 Å². The Balaban J connectivity index is 1.97. The third-order valence-corrected chi connectivity index (χ3v) is 2.48. The van der Waals surface area contributed by atoms with Crippen molar-refractivity contribution in [3.05, 3.63) is 35.6 Å². The number of carbonyl (C=O) groups excluding carboxylic acids is 1. The first-order valence-electron chi connectivity index (χ1n) is 5.24. The highest BCUT2D eigenvalue weighted by molar-refractivity contribution is 6.32. The molecule has 7 heteroatoms. The average molecular weight is 267 g/mol. The molecule has 0 radical (unpaired) electrons. The average Bonchev–Trinajstić information content (AvgIpc) is 2.84. The molecule has 2 rings (SSSR count). The third kappa shape index (κ3) is 2.98. The number of nitrogens with zero attached hydrogens (tertiary/aromatic N) is 2. The van der Waals surface area contributed by atoms with E-state index >= 15 is 0 Å². The Morgan fingerprint density at radius 1 is 1.50 bits per heavy atom. The Morgan fingerprint density at radius 3 is 2.94 bits per heavy atom. The van der Waals surface area contributed by atoms with Crippen LogP contribution in [-0.2, 0) is 4.79 Å². The largest absolute Gasteiger partial charge is 0.479 e. The number of para-hydroxylation sites is 1. The van der Waals surface area contributed by atoms with Crippen molar-refractivity contribution in [3.8, 4) is 5.75 Å². The van der Waals surface area contributed by atoms with Gasteiger partial charge in [-0.3, -0.25) is 10.1 Å². The zero-order chi connectivity index (χ0) is 13.0. The number of aromatic nitrogens is 3. The molecule has 0 saturated carbocycles. The summed E-state index contributed by atoms with van der Waals surface area (Å²) in [5.41, 5.74) is 0. The molecule has 1 aromatic heterocycles. The fourth-order valence-electron chi connectivity index (χ4n) is 1.27. The van der Waals surface area contributed by atoms with Crippen LogP contribution in [0.1, 0.15) is 6.92 Å². The second kappa shape index (κ2) is 5.50. The topological polar surface area (TPSA) is 79.9 Å². The number of amides is 1. The molecule has 0 spiro atoms. The molecule has 1 aromatic carbocycles. The Labute approximate surface area is 108 Å². The molecule has 0 aliphatic heterocycles. The van der Waals surface area contributed by atoms with Gasteiger partial charge in [0.1, 0.15) is 12.1 Å². The fourth-order valence-corrected chi connectivity index (χ4v) is 1.45. The number of hydrogen-bond acceptors (Lipinski definition) is 4. The summed E-state index contributed by atoms with van der Waals surface area (Å²) in [6.45, 7) is 1.62. The van der Waals surface area contributed by atoms with Crippen LogP contribution >= 0.6 is 11.6 Å². The van der Waals surface area contributed by atoms with Crippen LogP contribution in [0, 0.1) is 0 Å². The lowest BCUT2D eigenvalue weighted by Crippen LogP contribution is -2.30. The van der Waals surface area contributed by atoms with Gasteiger partial charge in [-0.15, -0.1) is 0 Å². The van der Waals surface area contributed by atoms with E-state index in [1.165, 1.54) is 6.33 Å². The second-order valence-electron chi connectivity index (χ2n) is 3.51. The number of ether oxygens (including phenoxy) is 1. The van der Waals surface area contributed by atoms with Gasteiger partial charge in [0.05, 0.1) is 5.02 Å². The lowest BCUT2D eigenvalue weighted by molar-refractivity contribution is -0.122. The van der Waals surface area contributed by atoms with Crippen LogP contribution in [0.4, 0.5) is 5.95 Å². The van der Waals surface area contributed by atoms with Gasteiger partial charge in [-0.2, -0.15) is 10.1 Å². The van der Waals surface area contributed by atoms with Crippen molar-refractivity contribution < 1.29 is 9.53 Å². The summed E-state index contributed by atoms with van der Waals surface area (Å²) >= 11 is 5.93. The van der Waals surface area contributed by atoms with Gasteiger partial charge >= 0.3 is 0 Å². The summed E-state index contributed by atoms with van der Waals surface area (Å²) < 4.78 is 5.45. The van der Waals surface area contributed by atoms with Crippen molar-refractivity contribution in [2.75, 3.05) is 5.32 Å². The minimum absolute atomic E-state index is 0.273. The molecule has 2 N–H and O–H groups in total. The van der Waals surface area contributed by atoms with Gasteiger partial charge in [0.2, 0.25) is 5.95 Å². The normalized spacial score (nSPS) is 11.9. The molecule has 94 valence electrons. The van der Waals surface area contributed by atoms with E-state index in [0.29, 0.717) is 10.8 Å². The number of nitrogens with one attached hydrogen (secondary N) is 2. The Hall–Kier alpha value is -2.08. The summed E-state index contributed by atoms with van der Waals surface area (Å²) in [5, 5.41) is 9.12. The predicted octanol–water partition coefficient (Wildman–Crippen LogP) is 1.86. The van der Waals surface area contributed by atoms with Crippen LogP contribution in [0.25, 0.3) is 0 Å². The number of anilines is 1. The number of aromatic amines is 1. The van der Waals surface area contributed by atoms with E-state index in [-0.39, 0.29) is 11.9 Å². The van der Waals surface area contributed by atoms with E-state index in [9.17, 15) is 4.79 Å². The molecule has 1 amide bonds. The van der Waals surface area contributed by atoms with E-state index in [2.05, 4.69) is 20.5 Å². The molecule has 2 aromatic rings. The maximum atomic E-state index is 11.8. The van der Waals surface area contributed by atoms with Crippen molar-refractivity contribution >= 4 is 23.5 Å². The van der Waals surface area contributed by atoms with Gasteiger partial charge in [0.25, 0.3) is 5.91 Å². The standard InChI is InChI=1S/C11H11ClN4O2/c1-7(10(17)15-11-13-6-14-16-11)18-9-5-3-2-4-8(9)12/h2-7H,1H3,(H2,13,14,15,16,17)/t7-/m1/s1. The van der Waals surface area contributed by atoms with Gasteiger partial charge in [0.15, 0.2) is 6.10 Å². The first-order chi connectivity index (χ1) is 8.66. The molecule has 1 heterocycles. The Kier molecular flexibility index (Phi) is 3.78. The quantitative estimate of drug-likeness (QED) is 0.885. The monoisotopic (exact) mass is 266 g/mol. The highest BCUT2D eigenvalue weighted by atomic mass is 35.5. The van der Waals surface area contributed by atoms with E-state index in [4.69, 9.17) is 16.3 Å². The van der Waals surface area contributed by atoms with Gasteiger partial charge in [0, 0.05) is 0 Å². The number of halogens is 1. The van der Waals surface area contributed by atoms with Crippen LogP contribution < -0.4 is 10.1 Å². The lowest BCUT2D eigenvalue weighted by Gasteiger charge is -2.14. The molecule has 1 atom stereocenters. The molecule has 18 heavy (non-hydrogen) atoms. The third-order valence-electron chi connectivity index (χ3n) is 2.17. The van der Waals surface area contributed by atoms with Crippen LogP contribution in [0.2, 0.25) is 5.02 Å². The lowest BCUT2D eigenvalue weighted by atomic mass is 10.3. The minimum atomic E-state index is -0.699. The van der Waals surface area contributed by atoms with Crippen LogP contribution in [0.3, 0.4) is 0 Å². The molecular weight excluding hydrogens is 256 g/mol. The summed E-state index contributed by atoms with van der Waals surface area (Å²) in [4.78, 5) is 15.5. The predicted molar refractivity (Wildman–Crippen MR) is 66.6 cm³/mol. The molecule has 0 saturated heterocycles. The minimum Gasteiger partial charge on any atom is -0.479 e. The summed E-state index contributed by atoms with van der Waals surface area (Å²) in [6.07, 6.45) is 0.602. The highest BCUT2D eigenvalue weighted by Crippen LogP contribution is 2.24. The first-order valence-corrected chi connectivity index (χ1v) is 5.62. The van der Waals surface area contributed by atoms with Gasteiger partial charge in [-0.1, -0.05) is 23.7 Å². The SMILES string of the molecule is C[C@@H](Oc1ccccc1Cl)C(=O)Nc1ncn[nH]1. The molecule has 0 unspecified atom stereocenters. The summed E-state index contributed by atoms with van der Waals surface area (Å²) in [7, 11) is 0. The number of carbonyl (C=O) groups is 1. The maximum Gasteiger partial charge on any atom is 0.267 e. The van der Waals surface area contributed by atoms with E-state index < -0.39 is 6.10 Å². The van der Waals surface area contributed by atoms with Crippen LogP contribution in [0.15, 0.2) is 30.6 Å². The molecule has 6 nitrogen and oxygen atoms in total.